The highest BCUT2D eigenvalue weighted by Crippen LogP contribution is 2.28. The number of aromatic nitrogens is 1. The average molecular weight is 167 g/mol. The highest BCUT2D eigenvalue weighted by molar-refractivity contribution is 5.36. The van der Waals surface area contributed by atoms with Crippen LogP contribution in [-0.2, 0) is 0 Å². The number of piperidine rings is 1. The normalized spacial score (nSPS) is 19.7. The number of hydrogen-bond donors (Lipinski definition) is 2. The number of nitrogens with two attached hydrogens (primary N) is 1. The number of rotatable bonds is 1. The van der Waals surface area contributed by atoms with Crippen molar-refractivity contribution >= 4 is 5.88 Å². The minimum atomic E-state index is 0.488. The highest BCUT2D eigenvalue weighted by atomic mass is 16.5. The lowest BCUT2D eigenvalue weighted by molar-refractivity contribution is 0.431. The molecule has 0 radical (unpaired) electrons. The second-order valence-corrected chi connectivity index (χ2v) is 3.17. The van der Waals surface area contributed by atoms with E-state index >= 15 is 0 Å². The Bertz CT molecular complexity index is 253. The Hall–Kier alpha value is -1.03. The first kappa shape index (κ1) is 7.61. The van der Waals surface area contributed by atoms with E-state index < -0.39 is 0 Å². The van der Waals surface area contributed by atoms with Crippen LogP contribution in [0, 0.1) is 0 Å². The van der Waals surface area contributed by atoms with Gasteiger partial charge in [0.1, 0.15) is 0 Å². The third kappa shape index (κ3) is 1.30. The van der Waals surface area contributed by atoms with Gasteiger partial charge in [-0.15, -0.1) is 0 Å². The number of nitrogens with zero attached hydrogens (tertiary/aromatic N) is 1. The first-order chi connectivity index (χ1) is 5.88. The zero-order chi connectivity index (χ0) is 8.39. The van der Waals surface area contributed by atoms with Crippen molar-refractivity contribution in [2.45, 2.75) is 18.8 Å². The SMILES string of the molecule is Nc1oncc1C1CCNCC1. The zero-order valence-corrected chi connectivity index (χ0v) is 6.92. The van der Waals surface area contributed by atoms with Crippen molar-refractivity contribution in [1.29, 1.82) is 0 Å². The van der Waals surface area contributed by atoms with Gasteiger partial charge in [-0.25, -0.2) is 0 Å². The van der Waals surface area contributed by atoms with Crippen LogP contribution in [0.25, 0.3) is 0 Å². The minimum Gasteiger partial charge on any atom is -0.367 e. The topological polar surface area (TPSA) is 64.1 Å². The van der Waals surface area contributed by atoms with Crippen molar-refractivity contribution in [3.63, 3.8) is 0 Å². The Balaban J connectivity index is 2.13. The molecule has 4 nitrogen and oxygen atoms in total. The van der Waals surface area contributed by atoms with E-state index in [1.165, 1.54) is 0 Å². The van der Waals surface area contributed by atoms with Crippen molar-refractivity contribution in [1.82, 2.24) is 10.5 Å². The second-order valence-electron chi connectivity index (χ2n) is 3.17. The summed E-state index contributed by atoms with van der Waals surface area (Å²) in [5, 5.41) is 6.98. The van der Waals surface area contributed by atoms with E-state index in [2.05, 4.69) is 10.5 Å². The molecule has 1 fully saturated rings. The van der Waals surface area contributed by atoms with Crippen LogP contribution in [0.3, 0.4) is 0 Å². The molecule has 1 aliphatic heterocycles. The van der Waals surface area contributed by atoms with Crippen molar-refractivity contribution < 1.29 is 4.52 Å². The first-order valence-electron chi connectivity index (χ1n) is 4.28. The van der Waals surface area contributed by atoms with E-state index in [4.69, 9.17) is 10.3 Å². The summed E-state index contributed by atoms with van der Waals surface area (Å²) in [4.78, 5) is 0. The molecule has 1 saturated heterocycles. The summed E-state index contributed by atoms with van der Waals surface area (Å²) in [7, 11) is 0. The fraction of sp³-hybridized carbons (Fsp3) is 0.625. The Morgan fingerprint density at radius 3 is 2.83 bits per heavy atom. The number of nitrogens with one attached hydrogen (secondary N) is 1. The van der Waals surface area contributed by atoms with Crippen LogP contribution in [-0.4, -0.2) is 18.2 Å². The molecule has 1 aromatic heterocycles. The number of hydrogen-bond acceptors (Lipinski definition) is 4. The molecule has 0 aliphatic carbocycles. The lowest BCUT2D eigenvalue weighted by Gasteiger charge is -2.21. The largest absolute Gasteiger partial charge is 0.367 e. The summed E-state index contributed by atoms with van der Waals surface area (Å²) in [5.74, 6) is 1.03. The predicted molar refractivity (Wildman–Crippen MR) is 45.8 cm³/mol. The first-order valence-corrected chi connectivity index (χ1v) is 4.28. The summed E-state index contributed by atoms with van der Waals surface area (Å²) in [6.07, 6.45) is 4.00. The molecule has 0 bridgehead atoms. The van der Waals surface area contributed by atoms with Crippen LogP contribution in [0.4, 0.5) is 5.88 Å². The van der Waals surface area contributed by atoms with Gasteiger partial charge in [0.15, 0.2) is 0 Å². The molecule has 0 spiro atoms. The molecule has 2 heterocycles. The van der Waals surface area contributed by atoms with Gasteiger partial charge >= 0.3 is 0 Å². The number of anilines is 1. The van der Waals surface area contributed by atoms with Crippen molar-refractivity contribution in [2.24, 2.45) is 0 Å². The quantitative estimate of drug-likeness (QED) is 0.647. The summed E-state index contributed by atoms with van der Waals surface area (Å²) in [6.45, 7) is 2.13. The molecule has 66 valence electrons. The zero-order valence-electron chi connectivity index (χ0n) is 6.92. The van der Waals surface area contributed by atoms with Gasteiger partial charge in [-0.05, 0) is 31.8 Å². The summed E-state index contributed by atoms with van der Waals surface area (Å²) in [5.41, 5.74) is 6.70. The van der Waals surface area contributed by atoms with Crippen LogP contribution in [0.1, 0.15) is 24.3 Å². The molecule has 12 heavy (non-hydrogen) atoms. The maximum Gasteiger partial charge on any atom is 0.225 e. The van der Waals surface area contributed by atoms with Crippen LogP contribution in [0.2, 0.25) is 0 Å². The van der Waals surface area contributed by atoms with E-state index in [1.54, 1.807) is 6.20 Å². The Morgan fingerprint density at radius 1 is 1.50 bits per heavy atom. The summed E-state index contributed by atoms with van der Waals surface area (Å²) < 4.78 is 4.83. The predicted octanol–water partition coefficient (Wildman–Crippen LogP) is 0.724. The molecule has 3 N–H and O–H groups in total. The number of nitrogen functional groups attached to an aromatic ring is 1. The molecule has 0 saturated carbocycles. The molecule has 0 unspecified atom stereocenters. The van der Waals surface area contributed by atoms with E-state index in [-0.39, 0.29) is 0 Å². The van der Waals surface area contributed by atoms with Gasteiger partial charge in [-0.1, -0.05) is 5.16 Å². The fourth-order valence-corrected chi connectivity index (χ4v) is 1.70. The van der Waals surface area contributed by atoms with E-state index in [1.807, 2.05) is 0 Å². The fourth-order valence-electron chi connectivity index (χ4n) is 1.70. The highest BCUT2D eigenvalue weighted by Gasteiger charge is 2.19. The molecule has 4 heteroatoms. The molecule has 2 rings (SSSR count). The Labute approximate surface area is 71.1 Å². The van der Waals surface area contributed by atoms with Crippen LogP contribution < -0.4 is 11.1 Å². The standard InChI is InChI=1S/C8H13N3O/c9-8-7(5-11-12-8)6-1-3-10-4-2-6/h5-6,10H,1-4,9H2. The Morgan fingerprint density at radius 2 is 2.25 bits per heavy atom. The second kappa shape index (κ2) is 3.15. The summed E-state index contributed by atoms with van der Waals surface area (Å²) in [6, 6.07) is 0. The van der Waals surface area contributed by atoms with Gasteiger partial charge in [0.25, 0.3) is 0 Å². The van der Waals surface area contributed by atoms with E-state index in [0.29, 0.717) is 11.8 Å². The third-order valence-electron chi connectivity index (χ3n) is 2.41. The monoisotopic (exact) mass is 167 g/mol. The van der Waals surface area contributed by atoms with Crippen LogP contribution in [0.15, 0.2) is 10.7 Å². The smallest absolute Gasteiger partial charge is 0.225 e. The average Bonchev–Trinajstić information content (AvgIpc) is 2.53. The molecule has 1 aromatic rings. The molecule has 0 aromatic carbocycles. The van der Waals surface area contributed by atoms with Gasteiger partial charge in [-0.3, -0.25) is 0 Å². The van der Waals surface area contributed by atoms with Crippen LogP contribution in [0.5, 0.6) is 0 Å². The van der Waals surface area contributed by atoms with Crippen molar-refractivity contribution in [3.05, 3.63) is 11.8 Å². The maximum absolute atomic E-state index is 5.62. The van der Waals surface area contributed by atoms with Gasteiger partial charge in [0.2, 0.25) is 5.88 Å². The molecular weight excluding hydrogens is 154 g/mol. The van der Waals surface area contributed by atoms with Crippen LogP contribution >= 0.6 is 0 Å². The molecular formula is C8H13N3O. The lowest BCUT2D eigenvalue weighted by Crippen LogP contribution is -2.26. The molecule has 0 amide bonds. The minimum absolute atomic E-state index is 0.488. The molecule has 1 aliphatic rings. The van der Waals surface area contributed by atoms with E-state index in [9.17, 15) is 0 Å². The lowest BCUT2D eigenvalue weighted by atomic mass is 9.92. The molecule has 0 atom stereocenters. The van der Waals surface area contributed by atoms with Gasteiger partial charge in [-0.2, -0.15) is 0 Å². The Kier molecular flexibility index (Phi) is 1.99. The van der Waals surface area contributed by atoms with Crippen molar-refractivity contribution in [2.75, 3.05) is 18.8 Å². The van der Waals surface area contributed by atoms with Gasteiger partial charge < -0.3 is 15.6 Å². The summed E-state index contributed by atoms with van der Waals surface area (Å²) >= 11 is 0. The van der Waals surface area contributed by atoms with Crippen molar-refractivity contribution in [3.8, 4) is 0 Å². The van der Waals surface area contributed by atoms with E-state index in [0.717, 1.165) is 31.5 Å². The van der Waals surface area contributed by atoms with Gasteiger partial charge in [0.05, 0.1) is 6.20 Å². The van der Waals surface area contributed by atoms with Gasteiger partial charge in [0, 0.05) is 5.56 Å². The maximum atomic E-state index is 5.62. The third-order valence-corrected chi connectivity index (χ3v) is 2.41.